The third-order valence-electron chi connectivity index (χ3n) is 0. The standard InChI is InChI=1S/H3N.H2O4S.6H2O.Zn/c;1-5(2,3)4;;;;;;;/h1H3;(H2,1,2,3,4);6*1H2;. The van der Waals surface area contributed by atoms with Crippen molar-refractivity contribution in [2.75, 3.05) is 0 Å². The van der Waals surface area contributed by atoms with Gasteiger partial charge in [-0.15, -0.1) is 0 Å². The van der Waals surface area contributed by atoms with E-state index in [0.29, 0.717) is 0 Å². The van der Waals surface area contributed by atoms with Crippen LogP contribution in [0, 0.1) is 0 Å². The van der Waals surface area contributed by atoms with E-state index in [4.69, 9.17) is 17.5 Å². The summed E-state index contributed by atoms with van der Waals surface area (Å²) in [6.07, 6.45) is 0. The fraction of sp³-hybridized carbons (Fsp3) is 0. The monoisotopic (exact) mass is 287 g/mol. The van der Waals surface area contributed by atoms with Crippen LogP contribution in [0.5, 0.6) is 0 Å². The van der Waals surface area contributed by atoms with Gasteiger partial charge < -0.3 is 39.0 Å². The summed E-state index contributed by atoms with van der Waals surface area (Å²) in [7, 11) is -4.67. The van der Waals surface area contributed by atoms with Crippen molar-refractivity contribution < 1.29 is 69.9 Å². The maximum atomic E-state index is 8.74. The molecule has 0 rings (SSSR count). The summed E-state index contributed by atoms with van der Waals surface area (Å²) < 4.78 is 31.6. The fourth-order valence-electron chi connectivity index (χ4n) is 0. The molecule has 0 heterocycles. The average molecular weight is 289 g/mol. The van der Waals surface area contributed by atoms with Crippen molar-refractivity contribution in [3.63, 3.8) is 0 Å². The molecule has 0 spiro atoms. The topological polar surface area (TPSA) is 299 Å². The summed E-state index contributed by atoms with van der Waals surface area (Å²) in [5, 5.41) is 0. The molecule has 0 saturated carbocycles. The van der Waals surface area contributed by atoms with Gasteiger partial charge in [-0.1, -0.05) is 0 Å². The van der Waals surface area contributed by atoms with Gasteiger partial charge in [0.15, 0.2) is 0 Å². The first-order valence-corrected chi connectivity index (χ1v) is 2.10. The van der Waals surface area contributed by atoms with Crippen molar-refractivity contribution in [3.05, 3.63) is 0 Å². The van der Waals surface area contributed by atoms with E-state index in [1.165, 1.54) is 0 Å². The Balaban J connectivity index is -0.00000000286. The molecule has 0 amide bonds. The second-order valence-electron chi connectivity index (χ2n) is 0.448. The van der Waals surface area contributed by atoms with Crippen LogP contribution < -0.4 is 6.15 Å². The first-order chi connectivity index (χ1) is 2.00. The molecule has 0 aliphatic carbocycles. The fourth-order valence-corrected chi connectivity index (χ4v) is 0. The smallest absolute Gasteiger partial charge is 0.394 e. The van der Waals surface area contributed by atoms with Crippen LogP contribution in [0.4, 0.5) is 0 Å². The van der Waals surface area contributed by atoms with Crippen molar-refractivity contribution in [3.8, 4) is 0 Å². The molecule has 0 saturated heterocycles. The SMILES string of the molecule is N.O.O.O.O.O.O.O=S(=O)(O)O.[Zn]. The minimum Gasteiger partial charge on any atom is -0.412 e. The zero-order valence-electron chi connectivity index (χ0n) is 6.53. The Bertz CT molecular complexity index is 98.1. The third-order valence-corrected chi connectivity index (χ3v) is 0. The number of rotatable bonds is 0. The van der Waals surface area contributed by atoms with Gasteiger partial charge in [-0.25, -0.2) is 0 Å². The van der Waals surface area contributed by atoms with Crippen molar-refractivity contribution in [1.82, 2.24) is 6.15 Å². The van der Waals surface area contributed by atoms with Gasteiger partial charge in [0.1, 0.15) is 0 Å². The zero-order valence-corrected chi connectivity index (χ0v) is 10.3. The maximum Gasteiger partial charge on any atom is 0.394 e. The predicted molar refractivity (Wildman–Crippen MR) is 40.9 cm³/mol. The average Bonchev–Trinajstić information content (AvgIpc) is 0.722. The van der Waals surface area contributed by atoms with Crippen LogP contribution in [0.25, 0.3) is 0 Å². The molecule has 13 heteroatoms. The molecule has 0 bridgehead atoms. The third kappa shape index (κ3) is 28000. The predicted octanol–water partition coefficient (Wildman–Crippen LogP) is -5.44. The Kier molecular flexibility index (Phi) is 340. The first-order valence-electron chi connectivity index (χ1n) is 0.698. The Morgan fingerprint density at radius 2 is 0.692 bits per heavy atom. The summed E-state index contributed by atoms with van der Waals surface area (Å²) in [6.45, 7) is 0. The summed E-state index contributed by atoms with van der Waals surface area (Å²) >= 11 is 0. The minimum absolute atomic E-state index is 0. The Morgan fingerprint density at radius 1 is 0.692 bits per heavy atom. The van der Waals surface area contributed by atoms with Crippen molar-refractivity contribution in [1.29, 1.82) is 0 Å². The Hall–Kier alpha value is 0.213. The van der Waals surface area contributed by atoms with Crippen LogP contribution in [0.15, 0.2) is 0 Å². The molecule has 0 radical (unpaired) electrons. The van der Waals surface area contributed by atoms with E-state index in [0.717, 1.165) is 0 Å². The maximum absolute atomic E-state index is 8.74. The molecule has 90 valence electrons. The number of hydrogen-bond acceptors (Lipinski definition) is 3. The second-order valence-corrected chi connectivity index (χ2v) is 1.34. The zero-order chi connectivity index (χ0) is 4.50. The van der Waals surface area contributed by atoms with Gasteiger partial charge in [-0.3, -0.25) is 9.11 Å². The van der Waals surface area contributed by atoms with Crippen LogP contribution >= 0.6 is 0 Å². The van der Waals surface area contributed by atoms with Gasteiger partial charge in [-0.05, 0) is 0 Å². The molecule has 0 aromatic heterocycles. The van der Waals surface area contributed by atoms with Gasteiger partial charge in [-0.2, -0.15) is 8.42 Å². The van der Waals surface area contributed by atoms with Crippen molar-refractivity contribution in [2.45, 2.75) is 0 Å². The molecule has 17 N–H and O–H groups in total. The molecular weight excluding hydrogens is 271 g/mol. The van der Waals surface area contributed by atoms with Crippen LogP contribution in [0.1, 0.15) is 0 Å². The van der Waals surface area contributed by atoms with E-state index in [2.05, 4.69) is 0 Å². The molecular formula is H17NO10SZn. The molecule has 0 atom stereocenters. The molecule has 0 unspecified atom stereocenters. The summed E-state index contributed by atoms with van der Waals surface area (Å²) in [4.78, 5) is 0. The van der Waals surface area contributed by atoms with Crippen LogP contribution in [-0.2, 0) is 29.9 Å². The molecule has 0 fully saturated rings. The van der Waals surface area contributed by atoms with Crippen LogP contribution in [0.2, 0.25) is 0 Å². The second kappa shape index (κ2) is 39.8. The van der Waals surface area contributed by atoms with E-state index < -0.39 is 10.4 Å². The van der Waals surface area contributed by atoms with Crippen LogP contribution in [-0.4, -0.2) is 50.4 Å². The molecule has 11 nitrogen and oxygen atoms in total. The van der Waals surface area contributed by atoms with Gasteiger partial charge in [0.05, 0.1) is 0 Å². The minimum atomic E-state index is -4.67. The molecule has 0 aromatic carbocycles. The molecule has 13 heavy (non-hydrogen) atoms. The van der Waals surface area contributed by atoms with E-state index in [1.807, 2.05) is 0 Å². The first kappa shape index (κ1) is 111. The van der Waals surface area contributed by atoms with Gasteiger partial charge in [0, 0.05) is 19.5 Å². The number of hydrogen-bond donors (Lipinski definition) is 3. The van der Waals surface area contributed by atoms with Gasteiger partial charge >= 0.3 is 10.4 Å². The van der Waals surface area contributed by atoms with Crippen LogP contribution in [0.3, 0.4) is 0 Å². The van der Waals surface area contributed by atoms with Crippen molar-refractivity contribution in [2.24, 2.45) is 0 Å². The van der Waals surface area contributed by atoms with E-state index in [9.17, 15) is 0 Å². The molecule has 0 aliphatic rings. The molecule has 0 aromatic rings. The van der Waals surface area contributed by atoms with Crippen molar-refractivity contribution >= 4 is 10.4 Å². The molecule has 0 aliphatic heterocycles. The van der Waals surface area contributed by atoms with E-state index in [1.54, 1.807) is 0 Å². The quantitative estimate of drug-likeness (QED) is 0.289. The Labute approximate surface area is 86.9 Å². The van der Waals surface area contributed by atoms with E-state index >= 15 is 0 Å². The summed E-state index contributed by atoms with van der Waals surface area (Å²) in [5.41, 5.74) is 0. The van der Waals surface area contributed by atoms with Gasteiger partial charge in [0.2, 0.25) is 0 Å². The summed E-state index contributed by atoms with van der Waals surface area (Å²) in [5.74, 6) is 0. The van der Waals surface area contributed by atoms with E-state index in [-0.39, 0.29) is 58.5 Å². The Morgan fingerprint density at radius 3 is 0.692 bits per heavy atom. The van der Waals surface area contributed by atoms with Gasteiger partial charge in [0.25, 0.3) is 0 Å². The normalized spacial score (nSPS) is 4.46. The largest absolute Gasteiger partial charge is 0.412 e. The summed E-state index contributed by atoms with van der Waals surface area (Å²) in [6, 6.07) is 0.